The fraction of sp³-hybridized carbons (Fsp3) is 0.688. The Morgan fingerprint density at radius 1 is 0.967 bits per heavy atom. The van der Waals surface area contributed by atoms with Crippen LogP contribution >= 0.6 is 24.4 Å². The summed E-state index contributed by atoms with van der Waals surface area (Å²) >= 11 is 5.40. The zero-order valence-electron chi connectivity index (χ0n) is 16.5. The van der Waals surface area contributed by atoms with Gasteiger partial charge in [0, 0.05) is 12.2 Å². The summed E-state index contributed by atoms with van der Waals surface area (Å²) in [7, 11) is 0. The first kappa shape index (κ1) is 28.0. The smallest absolute Gasteiger partial charge is 0.326 e. The fourth-order valence-corrected chi connectivity index (χ4v) is 2.88. The van der Waals surface area contributed by atoms with Crippen molar-refractivity contribution >= 4 is 54.0 Å². The van der Waals surface area contributed by atoms with E-state index in [-0.39, 0.29) is 25.0 Å². The number of carboxylic acid groups (broad SMARTS) is 1. The van der Waals surface area contributed by atoms with Crippen LogP contribution < -0.4 is 27.4 Å². The standard InChI is InChI=1S/C16H29N5O7S2/c1-30-5-4-9(14(25)20-10(16(27)28)2-3-12(18)23)19-15(26)11(7-29)21-13(24)8(17)6-22/h8-11,22,29H,2-7,17H2,1H3,(H2,18,23)(H,19,26)(H,20,25)(H,21,24)(H,27,28). The Bertz CT molecular complexity index is 623. The number of carbonyl (C=O) groups excluding carboxylic acids is 4. The third-order valence-electron chi connectivity index (χ3n) is 3.89. The van der Waals surface area contributed by atoms with Gasteiger partial charge in [-0.1, -0.05) is 0 Å². The van der Waals surface area contributed by atoms with E-state index in [9.17, 15) is 29.1 Å². The van der Waals surface area contributed by atoms with E-state index in [0.29, 0.717) is 5.75 Å². The highest BCUT2D eigenvalue weighted by molar-refractivity contribution is 7.98. The zero-order valence-corrected chi connectivity index (χ0v) is 18.2. The summed E-state index contributed by atoms with van der Waals surface area (Å²) in [5, 5.41) is 25.2. The molecule has 0 aromatic rings. The number of hydrogen-bond acceptors (Lipinski definition) is 9. The van der Waals surface area contributed by atoms with E-state index >= 15 is 0 Å². The summed E-state index contributed by atoms with van der Waals surface area (Å²) in [5.41, 5.74) is 10.4. The number of aliphatic hydroxyl groups is 1. The van der Waals surface area contributed by atoms with Crippen LogP contribution in [0, 0.1) is 0 Å². The number of primary amides is 1. The largest absolute Gasteiger partial charge is 0.480 e. The first-order valence-electron chi connectivity index (χ1n) is 8.95. The van der Waals surface area contributed by atoms with E-state index in [4.69, 9.17) is 16.6 Å². The Morgan fingerprint density at radius 3 is 1.97 bits per heavy atom. The van der Waals surface area contributed by atoms with Gasteiger partial charge < -0.3 is 37.6 Å². The molecular formula is C16H29N5O7S2. The molecule has 0 saturated carbocycles. The number of aliphatic carboxylic acids is 1. The number of carboxylic acids is 1. The maximum atomic E-state index is 12.6. The summed E-state index contributed by atoms with van der Waals surface area (Å²) in [6.07, 6.45) is 1.53. The lowest BCUT2D eigenvalue weighted by Gasteiger charge is -2.24. The molecule has 0 rings (SSSR count). The summed E-state index contributed by atoms with van der Waals surface area (Å²) in [6.45, 7) is -0.618. The molecule has 0 fully saturated rings. The van der Waals surface area contributed by atoms with Crippen LogP contribution in [0.4, 0.5) is 0 Å². The molecule has 4 atom stereocenters. The number of nitrogens with one attached hydrogen (secondary N) is 3. The molecule has 0 aliphatic carbocycles. The van der Waals surface area contributed by atoms with Gasteiger partial charge in [-0.2, -0.15) is 24.4 Å². The second kappa shape index (κ2) is 14.9. The average molecular weight is 468 g/mol. The van der Waals surface area contributed by atoms with Crippen molar-refractivity contribution in [1.82, 2.24) is 16.0 Å². The van der Waals surface area contributed by atoms with Gasteiger partial charge in [-0.25, -0.2) is 4.79 Å². The van der Waals surface area contributed by atoms with Gasteiger partial charge in [-0.3, -0.25) is 19.2 Å². The van der Waals surface area contributed by atoms with Crippen molar-refractivity contribution in [3.05, 3.63) is 0 Å². The third-order valence-corrected chi connectivity index (χ3v) is 4.90. The van der Waals surface area contributed by atoms with Gasteiger partial charge in [0.05, 0.1) is 6.61 Å². The minimum absolute atomic E-state index is 0.108. The Balaban J connectivity index is 5.20. The van der Waals surface area contributed by atoms with Crippen LogP contribution in [0.5, 0.6) is 0 Å². The van der Waals surface area contributed by atoms with Crippen LogP contribution in [0.3, 0.4) is 0 Å². The monoisotopic (exact) mass is 467 g/mol. The first-order valence-corrected chi connectivity index (χ1v) is 11.0. The second-order valence-corrected chi connectivity index (χ2v) is 7.63. The van der Waals surface area contributed by atoms with Gasteiger partial charge in [0.2, 0.25) is 23.6 Å². The molecule has 14 heteroatoms. The van der Waals surface area contributed by atoms with Crippen LogP contribution in [0.25, 0.3) is 0 Å². The quantitative estimate of drug-likeness (QED) is 0.114. The number of thioether (sulfide) groups is 1. The van der Waals surface area contributed by atoms with E-state index in [1.807, 2.05) is 0 Å². The minimum atomic E-state index is -1.36. The summed E-state index contributed by atoms with van der Waals surface area (Å²) in [5.74, 6) is -3.95. The SMILES string of the molecule is CSCCC(NC(=O)C(CS)NC(=O)C(N)CO)C(=O)NC(CCC(N)=O)C(=O)O. The molecule has 0 spiro atoms. The van der Waals surface area contributed by atoms with E-state index < -0.39 is 60.4 Å². The maximum Gasteiger partial charge on any atom is 0.326 e. The highest BCUT2D eigenvalue weighted by Crippen LogP contribution is 2.05. The Kier molecular flexibility index (Phi) is 13.9. The molecule has 30 heavy (non-hydrogen) atoms. The molecule has 0 heterocycles. The highest BCUT2D eigenvalue weighted by atomic mass is 32.2. The molecule has 0 saturated heterocycles. The van der Waals surface area contributed by atoms with Crippen molar-refractivity contribution in [3.63, 3.8) is 0 Å². The molecule has 172 valence electrons. The Morgan fingerprint density at radius 2 is 1.50 bits per heavy atom. The zero-order chi connectivity index (χ0) is 23.3. The van der Waals surface area contributed by atoms with Gasteiger partial charge >= 0.3 is 5.97 Å². The molecule has 0 aromatic carbocycles. The molecule has 0 bridgehead atoms. The molecule has 0 aliphatic rings. The van der Waals surface area contributed by atoms with Gasteiger partial charge in [0.1, 0.15) is 24.2 Å². The third kappa shape index (κ3) is 10.7. The molecule has 4 unspecified atom stereocenters. The van der Waals surface area contributed by atoms with Crippen LogP contribution in [-0.2, 0) is 24.0 Å². The van der Waals surface area contributed by atoms with Crippen molar-refractivity contribution in [2.75, 3.05) is 24.4 Å². The number of hydrogen-bond donors (Lipinski definition) is 8. The number of thiol groups is 1. The lowest BCUT2D eigenvalue weighted by molar-refractivity contribution is -0.142. The van der Waals surface area contributed by atoms with Crippen molar-refractivity contribution in [2.45, 2.75) is 43.4 Å². The number of aliphatic hydroxyl groups excluding tert-OH is 1. The van der Waals surface area contributed by atoms with Crippen LogP contribution in [0.1, 0.15) is 19.3 Å². The van der Waals surface area contributed by atoms with Crippen LogP contribution in [-0.4, -0.2) is 88.3 Å². The number of nitrogens with two attached hydrogens (primary N) is 2. The van der Waals surface area contributed by atoms with Gasteiger partial charge in [-0.15, -0.1) is 0 Å². The average Bonchev–Trinajstić information content (AvgIpc) is 2.70. The molecular weight excluding hydrogens is 438 g/mol. The van der Waals surface area contributed by atoms with Crippen molar-refractivity contribution in [1.29, 1.82) is 0 Å². The topological polar surface area (TPSA) is 214 Å². The molecule has 12 nitrogen and oxygen atoms in total. The second-order valence-electron chi connectivity index (χ2n) is 6.28. The van der Waals surface area contributed by atoms with Crippen molar-refractivity contribution in [2.24, 2.45) is 11.5 Å². The minimum Gasteiger partial charge on any atom is -0.480 e. The molecule has 0 radical (unpaired) electrons. The van der Waals surface area contributed by atoms with Crippen LogP contribution in [0.15, 0.2) is 0 Å². The summed E-state index contributed by atoms with van der Waals surface area (Å²) in [6, 6.07) is -4.81. The predicted molar refractivity (Wildman–Crippen MR) is 114 cm³/mol. The van der Waals surface area contributed by atoms with Gasteiger partial charge in [0.25, 0.3) is 0 Å². The van der Waals surface area contributed by atoms with E-state index in [2.05, 4.69) is 28.6 Å². The number of carbonyl (C=O) groups is 5. The highest BCUT2D eigenvalue weighted by Gasteiger charge is 2.29. The molecule has 0 aliphatic heterocycles. The first-order chi connectivity index (χ1) is 14.1. The lowest BCUT2D eigenvalue weighted by atomic mass is 10.1. The Labute approximate surface area is 183 Å². The van der Waals surface area contributed by atoms with Gasteiger partial charge in [-0.05, 0) is 24.9 Å². The summed E-state index contributed by atoms with van der Waals surface area (Å²) < 4.78 is 0. The van der Waals surface area contributed by atoms with Crippen LogP contribution in [0.2, 0.25) is 0 Å². The van der Waals surface area contributed by atoms with Gasteiger partial charge in [0.15, 0.2) is 0 Å². The molecule has 0 aromatic heterocycles. The normalized spacial score (nSPS) is 14.7. The Hall–Kier alpha value is -2.03. The van der Waals surface area contributed by atoms with E-state index in [1.165, 1.54) is 11.8 Å². The van der Waals surface area contributed by atoms with Crippen molar-refractivity contribution < 1.29 is 34.2 Å². The molecule has 9 N–H and O–H groups in total. The van der Waals surface area contributed by atoms with E-state index in [0.717, 1.165) is 0 Å². The predicted octanol–water partition coefficient (Wildman–Crippen LogP) is -3.21. The molecule has 4 amide bonds. The summed E-state index contributed by atoms with van der Waals surface area (Å²) in [4.78, 5) is 59.1. The van der Waals surface area contributed by atoms with Crippen molar-refractivity contribution in [3.8, 4) is 0 Å². The lowest BCUT2D eigenvalue weighted by Crippen LogP contribution is -2.58. The number of amides is 4. The fourth-order valence-electron chi connectivity index (χ4n) is 2.15. The maximum absolute atomic E-state index is 12.6. The number of rotatable bonds is 15. The van der Waals surface area contributed by atoms with E-state index in [1.54, 1.807) is 6.26 Å².